The summed E-state index contributed by atoms with van der Waals surface area (Å²) in [7, 11) is 0. The number of rotatable bonds is 9. The molecule has 0 spiro atoms. The maximum Gasteiger partial charge on any atom is 0.303 e. The van der Waals surface area contributed by atoms with Gasteiger partial charge in [-0.15, -0.1) is 0 Å². The van der Waals surface area contributed by atoms with Crippen LogP contribution in [0.25, 0.3) is 10.4 Å². The molecule has 2 aliphatic heterocycles. The van der Waals surface area contributed by atoms with Gasteiger partial charge in [0.25, 0.3) is 0 Å². The first-order chi connectivity index (χ1) is 18.8. The molecule has 2 heterocycles. The fourth-order valence-electron chi connectivity index (χ4n) is 4.17. The third kappa shape index (κ3) is 8.85. The molecule has 0 aromatic heterocycles. The highest BCUT2D eigenvalue weighted by Gasteiger charge is 2.51. The molecule has 18 nitrogen and oxygen atoms in total. The first kappa shape index (κ1) is 32.9. The first-order valence-corrected chi connectivity index (χ1v) is 12.3. The number of hydrogen-bond donors (Lipinski definition) is 6. The molecule has 2 saturated heterocycles. The minimum Gasteiger partial charge on any atom is -0.463 e. The first-order valence-electron chi connectivity index (χ1n) is 11.9. The van der Waals surface area contributed by atoms with Gasteiger partial charge in [-0.25, -0.2) is 0 Å². The molecule has 19 heteroatoms. The highest BCUT2D eigenvalue weighted by atomic mass is 32.1. The lowest BCUT2D eigenvalue weighted by Crippen LogP contribution is -2.70. The molecule has 0 radical (unpaired) electrons. The number of carbonyl (C=O) groups is 4. The van der Waals surface area contributed by atoms with E-state index in [-0.39, 0.29) is 5.11 Å². The summed E-state index contributed by atoms with van der Waals surface area (Å²) in [5, 5.41) is 41.9. The van der Waals surface area contributed by atoms with E-state index in [4.69, 9.17) is 35.9 Å². The molecule has 2 aliphatic rings. The molecule has 0 saturated carbocycles. The Balaban J connectivity index is 2.35. The van der Waals surface area contributed by atoms with Crippen LogP contribution in [-0.2, 0) is 42.9 Å². The largest absolute Gasteiger partial charge is 0.463 e. The zero-order chi connectivity index (χ0) is 30.1. The molecular formula is C21H32N6O12S. The minimum absolute atomic E-state index is 0.290. The summed E-state index contributed by atoms with van der Waals surface area (Å²) in [6, 6.07) is -2.67. The number of esters is 3. The predicted molar refractivity (Wildman–Crippen MR) is 134 cm³/mol. The van der Waals surface area contributed by atoms with Crippen molar-refractivity contribution in [3.05, 3.63) is 10.4 Å². The molecule has 10 atom stereocenters. The molecule has 0 aliphatic carbocycles. The van der Waals surface area contributed by atoms with E-state index in [0.717, 1.165) is 20.8 Å². The van der Waals surface area contributed by atoms with Gasteiger partial charge < -0.3 is 55.0 Å². The van der Waals surface area contributed by atoms with Gasteiger partial charge in [-0.2, -0.15) is 0 Å². The quantitative estimate of drug-likeness (QED) is 0.0395. The van der Waals surface area contributed by atoms with Gasteiger partial charge >= 0.3 is 17.9 Å². The van der Waals surface area contributed by atoms with Gasteiger partial charge in [-0.3, -0.25) is 19.2 Å². The van der Waals surface area contributed by atoms with Crippen LogP contribution in [0.15, 0.2) is 5.11 Å². The summed E-state index contributed by atoms with van der Waals surface area (Å²) in [4.78, 5) is 49.4. The second-order valence-electron chi connectivity index (χ2n) is 8.84. The molecule has 0 unspecified atom stereocenters. The number of nitrogens with zero attached hydrogens (tertiary/aromatic N) is 3. The number of ether oxygens (including phenoxy) is 5. The highest BCUT2D eigenvalue weighted by Crippen LogP contribution is 2.28. The van der Waals surface area contributed by atoms with Crippen molar-refractivity contribution in [1.29, 1.82) is 0 Å². The number of hydrogen-bond acceptors (Lipinski definition) is 14. The van der Waals surface area contributed by atoms with Gasteiger partial charge in [0.1, 0.15) is 43.2 Å². The van der Waals surface area contributed by atoms with Gasteiger partial charge in [-0.1, -0.05) is 5.11 Å². The number of carbonyl (C=O) groups excluding carboxylic acids is 4. The van der Waals surface area contributed by atoms with Gasteiger partial charge in [0.05, 0.1) is 12.6 Å². The number of azide groups is 1. The Morgan fingerprint density at radius 2 is 1.50 bits per heavy atom. The van der Waals surface area contributed by atoms with Crippen LogP contribution >= 0.6 is 12.2 Å². The van der Waals surface area contributed by atoms with Gasteiger partial charge in [0.15, 0.2) is 23.7 Å². The Bertz CT molecular complexity index is 1010. The summed E-state index contributed by atoms with van der Waals surface area (Å²) in [6.45, 7) is 3.34. The topological polar surface area (TPSA) is 260 Å². The standard InChI is InChI=1S/C21H32N6O12S/c1-7(29)23-19-16(34)13(15(33)11(5-28)38-19)24-21(40)25-20-18(37-10(4)32)14(26-27-22)17(36-9(3)31)12(39-20)6-35-8(2)30/h11-20,28,33-34H,5-6H2,1-4H3,(H,23,29)(H2,24,25,40)/t11-,12-,13+,14+,15-,16-,17-,18-,19-,20-/m1/s1. The van der Waals surface area contributed by atoms with Crippen molar-refractivity contribution in [2.75, 3.05) is 13.2 Å². The molecule has 6 N–H and O–H groups in total. The number of amides is 1. The lowest BCUT2D eigenvalue weighted by atomic mass is 9.95. The molecule has 1 amide bonds. The molecule has 2 fully saturated rings. The smallest absolute Gasteiger partial charge is 0.303 e. The Morgan fingerprint density at radius 3 is 2.02 bits per heavy atom. The minimum atomic E-state index is -1.56. The van der Waals surface area contributed by atoms with Gasteiger partial charge in [0, 0.05) is 32.6 Å². The third-order valence-corrected chi connectivity index (χ3v) is 5.98. The second-order valence-corrected chi connectivity index (χ2v) is 9.25. The van der Waals surface area contributed by atoms with Crippen LogP contribution in [-0.4, -0.2) is 119 Å². The monoisotopic (exact) mass is 592 g/mol. The van der Waals surface area contributed by atoms with Crippen LogP contribution in [0, 0.1) is 0 Å². The summed E-state index contributed by atoms with van der Waals surface area (Å²) in [5.41, 5.74) is 9.18. The average Bonchev–Trinajstić information content (AvgIpc) is 2.85. The van der Waals surface area contributed by atoms with Crippen molar-refractivity contribution in [2.24, 2.45) is 5.11 Å². The molecule has 0 aromatic rings. The van der Waals surface area contributed by atoms with Crippen LogP contribution in [0.5, 0.6) is 0 Å². The zero-order valence-corrected chi connectivity index (χ0v) is 22.8. The maximum atomic E-state index is 11.9. The van der Waals surface area contributed by atoms with Crippen LogP contribution in [0.1, 0.15) is 27.7 Å². The van der Waals surface area contributed by atoms with Crippen molar-refractivity contribution in [3.8, 4) is 0 Å². The molecule has 0 aromatic carbocycles. The fourth-order valence-corrected chi connectivity index (χ4v) is 4.42. The molecule has 224 valence electrons. The highest BCUT2D eigenvalue weighted by molar-refractivity contribution is 7.80. The normalized spacial score (nSPS) is 33.4. The van der Waals surface area contributed by atoms with E-state index in [0.29, 0.717) is 0 Å². The molecule has 0 bridgehead atoms. The van der Waals surface area contributed by atoms with Crippen molar-refractivity contribution < 1.29 is 58.2 Å². The van der Waals surface area contributed by atoms with Crippen molar-refractivity contribution in [2.45, 2.75) is 88.9 Å². The number of thiocarbonyl (C=S) groups is 1. The molecule has 2 rings (SSSR count). The van der Waals surface area contributed by atoms with Crippen LogP contribution < -0.4 is 16.0 Å². The molecular weight excluding hydrogens is 560 g/mol. The summed E-state index contributed by atoms with van der Waals surface area (Å²) in [6.07, 6.45) is -11.0. The van der Waals surface area contributed by atoms with E-state index in [1.807, 2.05) is 0 Å². The van der Waals surface area contributed by atoms with E-state index in [1.165, 1.54) is 6.92 Å². The lowest BCUT2D eigenvalue weighted by molar-refractivity contribution is -0.219. The van der Waals surface area contributed by atoms with Crippen LogP contribution in [0.4, 0.5) is 0 Å². The van der Waals surface area contributed by atoms with Crippen molar-refractivity contribution >= 4 is 41.1 Å². The Kier molecular flexibility index (Phi) is 12.2. The number of nitrogens with one attached hydrogen (secondary N) is 3. The van der Waals surface area contributed by atoms with E-state index < -0.39 is 98.2 Å². The van der Waals surface area contributed by atoms with Gasteiger partial charge in [0.2, 0.25) is 5.91 Å². The predicted octanol–water partition coefficient (Wildman–Crippen LogP) is -2.78. The lowest BCUT2D eigenvalue weighted by Gasteiger charge is -2.45. The molecule has 40 heavy (non-hydrogen) atoms. The SMILES string of the molecule is CC(=O)N[C@@H]1O[C@H](CO)[C@@H](O)[C@H](NC(=S)N[C@@H]2O[C@H](COC(C)=O)[C@@H](OC(C)=O)[C@H](N=[N+]=[N-])[C@H]2OC(C)=O)[C@H]1O. The van der Waals surface area contributed by atoms with E-state index >= 15 is 0 Å². The van der Waals surface area contributed by atoms with Crippen molar-refractivity contribution in [3.63, 3.8) is 0 Å². The fraction of sp³-hybridized carbons (Fsp3) is 0.762. The zero-order valence-electron chi connectivity index (χ0n) is 22.0. The Hall–Kier alpha value is -3.32. The van der Waals surface area contributed by atoms with E-state index in [1.54, 1.807) is 0 Å². The van der Waals surface area contributed by atoms with E-state index in [9.17, 15) is 40.0 Å². The Morgan fingerprint density at radius 1 is 0.900 bits per heavy atom. The summed E-state index contributed by atoms with van der Waals surface area (Å²) in [5.74, 6) is -2.86. The second kappa shape index (κ2) is 14.9. The number of aliphatic hydroxyl groups excluding tert-OH is 3. The Labute approximate surface area is 233 Å². The maximum absolute atomic E-state index is 11.9. The van der Waals surface area contributed by atoms with Crippen LogP contribution in [0.3, 0.4) is 0 Å². The van der Waals surface area contributed by atoms with Crippen LogP contribution in [0.2, 0.25) is 0 Å². The summed E-state index contributed by atoms with van der Waals surface area (Å²) < 4.78 is 26.8. The number of aliphatic hydroxyl groups is 3. The third-order valence-electron chi connectivity index (χ3n) is 5.74. The van der Waals surface area contributed by atoms with Crippen molar-refractivity contribution in [1.82, 2.24) is 16.0 Å². The van der Waals surface area contributed by atoms with E-state index in [2.05, 4.69) is 26.0 Å². The average molecular weight is 593 g/mol. The summed E-state index contributed by atoms with van der Waals surface area (Å²) >= 11 is 5.31. The van der Waals surface area contributed by atoms with Gasteiger partial charge in [-0.05, 0) is 17.7 Å².